The van der Waals surface area contributed by atoms with Crippen LogP contribution in [0.4, 0.5) is 5.69 Å². The minimum atomic E-state index is -0.239. The molecule has 0 bridgehead atoms. The number of nitriles is 1. The number of benzene rings is 1. The molecule has 0 amide bonds. The summed E-state index contributed by atoms with van der Waals surface area (Å²) in [6, 6.07) is 10.7. The molecule has 2 aliphatic rings. The maximum absolute atomic E-state index is 9.70. The Morgan fingerprint density at radius 3 is 2.69 bits per heavy atom. The van der Waals surface area contributed by atoms with Crippen LogP contribution in [0.5, 0.6) is 5.88 Å². The molecule has 6 heteroatoms. The number of H-pyrrole nitrogens is 1. The van der Waals surface area contributed by atoms with Crippen molar-refractivity contribution < 1.29 is 4.74 Å². The summed E-state index contributed by atoms with van der Waals surface area (Å²) in [6.07, 6.45) is 4.33. The molecule has 1 aromatic carbocycles. The van der Waals surface area contributed by atoms with Crippen LogP contribution in [-0.4, -0.2) is 23.3 Å². The second-order valence-corrected chi connectivity index (χ2v) is 6.88. The highest BCUT2D eigenvalue weighted by Gasteiger charge is 2.34. The Labute approximate surface area is 153 Å². The quantitative estimate of drug-likeness (QED) is 0.884. The summed E-state index contributed by atoms with van der Waals surface area (Å²) in [6.45, 7) is 4.34. The maximum Gasteiger partial charge on any atom is 0.244 e. The molecule has 0 spiro atoms. The molecule has 0 unspecified atom stereocenters. The smallest absolute Gasteiger partial charge is 0.244 e. The Bertz CT molecular complexity index is 869. The Balaban J connectivity index is 1.76. The van der Waals surface area contributed by atoms with Crippen LogP contribution < -0.4 is 15.4 Å². The molecule has 3 heterocycles. The van der Waals surface area contributed by atoms with Crippen LogP contribution in [0.3, 0.4) is 0 Å². The van der Waals surface area contributed by atoms with Crippen molar-refractivity contribution in [2.24, 2.45) is 5.73 Å². The van der Waals surface area contributed by atoms with Crippen LogP contribution in [0.1, 0.15) is 48.9 Å². The number of hydrogen-bond acceptors (Lipinski definition) is 5. The van der Waals surface area contributed by atoms with Gasteiger partial charge in [-0.15, -0.1) is 5.10 Å². The lowest BCUT2D eigenvalue weighted by molar-refractivity contribution is 0.378. The average molecular weight is 349 g/mol. The van der Waals surface area contributed by atoms with Gasteiger partial charge in [-0.25, -0.2) is 0 Å². The molecule has 0 saturated carbocycles. The molecule has 134 valence electrons. The van der Waals surface area contributed by atoms with Gasteiger partial charge in [0, 0.05) is 30.0 Å². The van der Waals surface area contributed by atoms with E-state index in [1.165, 1.54) is 18.5 Å². The van der Waals surface area contributed by atoms with Gasteiger partial charge < -0.3 is 15.4 Å². The van der Waals surface area contributed by atoms with Crippen LogP contribution in [0.15, 0.2) is 35.7 Å². The Morgan fingerprint density at radius 2 is 2.04 bits per heavy atom. The summed E-state index contributed by atoms with van der Waals surface area (Å²) in [4.78, 5) is 2.40. The second-order valence-electron chi connectivity index (χ2n) is 6.88. The summed E-state index contributed by atoms with van der Waals surface area (Å²) in [7, 11) is 0. The van der Waals surface area contributed by atoms with Gasteiger partial charge in [-0.05, 0) is 37.0 Å². The lowest BCUT2D eigenvalue weighted by Crippen LogP contribution is -2.21. The Hall–Kier alpha value is -2.94. The van der Waals surface area contributed by atoms with Crippen LogP contribution in [0, 0.1) is 11.3 Å². The Morgan fingerprint density at radius 1 is 1.31 bits per heavy atom. The highest BCUT2D eigenvalue weighted by Crippen LogP contribution is 2.43. The number of aryl methyl sites for hydroxylation is 1. The first kappa shape index (κ1) is 16.5. The van der Waals surface area contributed by atoms with E-state index in [2.05, 4.69) is 52.4 Å². The molecular weight excluding hydrogens is 326 g/mol. The Kier molecular flexibility index (Phi) is 4.29. The first-order valence-electron chi connectivity index (χ1n) is 9.22. The predicted molar refractivity (Wildman–Crippen MR) is 99.8 cm³/mol. The van der Waals surface area contributed by atoms with Crippen LogP contribution in [0.25, 0.3) is 0 Å². The summed E-state index contributed by atoms with van der Waals surface area (Å²) >= 11 is 0. The molecule has 4 rings (SSSR count). The molecule has 1 atom stereocenters. The van der Waals surface area contributed by atoms with Crippen molar-refractivity contribution in [3.05, 3.63) is 52.5 Å². The molecule has 2 aromatic rings. The monoisotopic (exact) mass is 349 g/mol. The van der Waals surface area contributed by atoms with Crippen molar-refractivity contribution in [2.45, 2.75) is 38.5 Å². The normalized spacial score (nSPS) is 19.2. The SMILES string of the molecule is CCCc1[nH]nc2c1[C@@H](c1ccc(N3CCCC3)cc1)C(C#N)=C(N)O2. The molecular formula is C20H23N5O. The van der Waals surface area contributed by atoms with E-state index in [0.717, 1.165) is 42.8 Å². The van der Waals surface area contributed by atoms with E-state index in [4.69, 9.17) is 10.5 Å². The van der Waals surface area contributed by atoms with Gasteiger partial charge in [0.1, 0.15) is 11.6 Å². The molecule has 6 nitrogen and oxygen atoms in total. The van der Waals surface area contributed by atoms with Gasteiger partial charge in [0.25, 0.3) is 0 Å². The van der Waals surface area contributed by atoms with Gasteiger partial charge in [-0.2, -0.15) is 5.26 Å². The zero-order valence-corrected chi connectivity index (χ0v) is 15.0. The van der Waals surface area contributed by atoms with E-state index in [-0.39, 0.29) is 11.8 Å². The highest BCUT2D eigenvalue weighted by molar-refractivity contribution is 5.57. The fourth-order valence-corrected chi connectivity index (χ4v) is 3.94. The molecule has 3 N–H and O–H groups in total. The fraction of sp³-hybridized carbons (Fsp3) is 0.400. The van der Waals surface area contributed by atoms with Crippen LogP contribution in [-0.2, 0) is 6.42 Å². The van der Waals surface area contributed by atoms with Gasteiger partial charge in [0.2, 0.25) is 11.8 Å². The average Bonchev–Trinajstić information content (AvgIpc) is 3.32. The minimum Gasteiger partial charge on any atom is -0.420 e. The molecule has 0 radical (unpaired) electrons. The lowest BCUT2D eigenvalue weighted by atomic mass is 9.83. The van der Waals surface area contributed by atoms with Crippen LogP contribution >= 0.6 is 0 Å². The predicted octanol–water partition coefficient (Wildman–Crippen LogP) is 3.18. The molecule has 1 fully saturated rings. The number of rotatable bonds is 4. The first-order valence-corrected chi connectivity index (χ1v) is 9.22. The largest absolute Gasteiger partial charge is 0.420 e. The van der Waals surface area contributed by atoms with Crippen LogP contribution in [0.2, 0.25) is 0 Å². The number of nitrogens with zero attached hydrogens (tertiary/aromatic N) is 3. The van der Waals surface area contributed by atoms with E-state index in [9.17, 15) is 5.26 Å². The molecule has 1 saturated heterocycles. The summed E-state index contributed by atoms with van der Waals surface area (Å²) in [5.41, 5.74) is 10.7. The first-order chi connectivity index (χ1) is 12.7. The number of hydrogen-bond donors (Lipinski definition) is 2. The zero-order valence-electron chi connectivity index (χ0n) is 15.0. The third kappa shape index (κ3) is 2.70. The topological polar surface area (TPSA) is 91.0 Å². The van der Waals surface area contributed by atoms with E-state index in [1.54, 1.807) is 0 Å². The van der Waals surface area contributed by atoms with E-state index >= 15 is 0 Å². The van der Waals surface area contributed by atoms with Crippen molar-refractivity contribution in [1.29, 1.82) is 5.26 Å². The van der Waals surface area contributed by atoms with E-state index < -0.39 is 0 Å². The molecule has 2 aliphatic heterocycles. The number of allylic oxidation sites excluding steroid dienone is 1. The number of aromatic amines is 1. The molecule has 0 aliphatic carbocycles. The summed E-state index contributed by atoms with van der Waals surface area (Å²) in [5.74, 6) is 0.387. The third-order valence-corrected chi connectivity index (χ3v) is 5.22. The maximum atomic E-state index is 9.70. The number of aromatic nitrogens is 2. The highest BCUT2D eigenvalue weighted by atomic mass is 16.5. The number of nitrogens with two attached hydrogens (primary N) is 1. The van der Waals surface area contributed by atoms with Crippen molar-refractivity contribution in [2.75, 3.05) is 18.0 Å². The van der Waals surface area contributed by atoms with E-state index in [1.807, 2.05) is 0 Å². The molecule has 1 aromatic heterocycles. The van der Waals surface area contributed by atoms with Gasteiger partial charge in [0.05, 0.1) is 5.92 Å². The minimum absolute atomic E-state index is 0.142. The second kappa shape index (κ2) is 6.75. The zero-order chi connectivity index (χ0) is 18.1. The molecule has 26 heavy (non-hydrogen) atoms. The summed E-state index contributed by atoms with van der Waals surface area (Å²) < 4.78 is 5.60. The van der Waals surface area contributed by atoms with Crippen molar-refractivity contribution in [1.82, 2.24) is 10.2 Å². The van der Waals surface area contributed by atoms with Crippen molar-refractivity contribution in [3.63, 3.8) is 0 Å². The van der Waals surface area contributed by atoms with Gasteiger partial charge in [-0.3, -0.25) is 5.10 Å². The number of anilines is 1. The third-order valence-electron chi connectivity index (χ3n) is 5.22. The number of fused-ring (bicyclic) bond motifs is 1. The van der Waals surface area contributed by atoms with Crippen molar-refractivity contribution in [3.8, 4) is 11.9 Å². The van der Waals surface area contributed by atoms with Gasteiger partial charge in [0.15, 0.2) is 0 Å². The summed E-state index contributed by atoms with van der Waals surface area (Å²) in [5, 5.41) is 17.0. The number of ether oxygens (including phenoxy) is 1. The van der Waals surface area contributed by atoms with Gasteiger partial charge >= 0.3 is 0 Å². The standard InChI is InChI=1S/C20H23N5O/c1-2-5-16-18-17(15(12-21)19(22)26-20(18)24-23-16)13-6-8-14(9-7-13)25-10-3-4-11-25/h6-9,17H,2-5,10-11,22H2,1H3,(H,23,24)/t17-/m0/s1. The fourth-order valence-electron chi connectivity index (χ4n) is 3.94. The lowest BCUT2D eigenvalue weighted by Gasteiger charge is -2.25. The van der Waals surface area contributed by atoms with Gasteiger partial charge in [-0.1, -0.05) is 25.5 Å². The van der Waals surface area contributed by atoms with E-state index in [0.29, 0.717) is 11.5 Å². The number of nitrogens with one attached hydrogen (secondary N) is 1. The van der Waals surface area contributed by atoms with Crippen molar-refractivity contribution >= 4 is 5.69 Å².